The first kappa shape index (κ1) is 13.4. The van der Waals surface area contributed by atoms with E-state index >= 15 is 0 Å². The fourth-order valence-corrected chi connectivity index (χ4v) is 1.86. The molecule has 1 amide bonds. The fraction of sp³-hybridized carbons (Fsp3) is 0.583. The van der Waals surface area contributed by atoms with Gasteiger partial charge in [0.1, 0.15) is 5.82 Å². The van der Waals surface area contributed by atoms with E-state index in [1.165, 1.54) is 0 Å². The van der Waals surface area contributed by atoms with Crippen LogP contribution in [0.1, 0.15) is 44.1 Å². The van der Waals surface area contributed by atoms with Gasteiger partial charge in [-0.3, -0.25) is 4.79 Å². The van der Waals surface area contributed by atoms with E-state index < -0.39 is 0 Å². The topological polar surface area (TPSA) is 80.9 Å². The smallest absolute Gasteiger partial charge is 0.272 e. The molecule has 5 heteroatoms. The fourth-order valence-electron chi connectivity index (χ4n) is 1.86. The van der Waals surface area contributed by atoms with Crippen LogP contribution in [0.5, 0.6) is 0 Å². The Bertz CT molecular complexity index is 359. The second-order valence-electron chi connectivity index (χ2n) is 4.18. The summed E-state index contributed by atoms with van der Waals surface area (Å²) in [5.41, 5.74) is 5.72. The van der Waals surface area contributed by atoms with Gasteiger partial charge < -0.3 is 11.1 Å². The van der Waals surface area contributed by atoms with Crippen molar-refractivity contribution in [3.8, 4) is 0 Å². The van der Waals surface area contributed by atoms with Crippen LogP contribution in [0.15, 0.2) is 12.1 Å². The van der Waals surface area contributed by atoms with Crippen LogP contribution < -0.4 is 11.1 Å². The second-order valence-corrected chi connectivity index (χ2v) is 4.18. The zero-order valence-corrected chi connectivity index (χ0v) is 10.6. The number of aromatic nitrogens is 2. The lowest BCUT2D eigenvalue weighted by Crippen LogP contribution is -2.38. The molecular formula is C12H20N4O. The third kappa shape index (κ3) is 3.69. The average molecular weight is 236 g/mol. The number of carbonyl (C=O) groups excluding carboxylic acids is 1. The predicted octanol–water partition coefficient (Wildman–Crippen LogP) is 1.61. The number of hydrogen-bond donors (Lipinski definition) is 2. The zero-order chi connectivity index (χ0) is 12.8. The molecule has 3 N–H and O–H groups in total. The van der Waals surface area contributed by atoms with E-state index in [1.807, 2.05) is 6.92 Å². The summed E-state index contributed by atoms with van der Waals surface area (Å²) in [5, 5.41) is 10.4. The highest BCUT2D eigenvalue weighted by Crippen LogP contribution is 2.13. The van der Waals surface area contributed by atoms with Crippen molar-refractivity contribution in [3.05, 3.63) is 17.8 Å². The second kappa shape index (κ2) is 6.18. The molecule has 0 fully saturated rings. The molecule has 17 heavy (non-hydrogen) atoms. The van der Waals surface area contributed by atoms with Crippen molar-refractivity contribution in [3.63, 3.8) is 0 Å². The Hall–Kier alpha value is -1.65. The van der Waals surface area contributed by atoms with Gasteiger partial charge in [-0.2, -0.15) is 0 Å². The first-order valence-corrected chi connectivity index (χ1v) is 5.98. The van der Waals surface area contributed by atoms with Crippen LogP contribution in [0.2, 0.25) is 0 Å². The molecule has 0 saturated carbocycles. The van der Waals surface area contributed by atoms with E-state index in [9.17, 15) is 4.79 Å². The van der Waals surface area contributed by atoms with Crippen molar-refractivity contribution >= 4 is 11.7 Å². The number of nitrogen functional groups attached to an aromatic ring is 1. The highest BCUT2D eigenvalue weighted by atomic mass is 16.2. The molecule has 0 radical (unpaired) electrons. The van der Waals surface area contributed by atoms with E-state index in [2.05, 4.69) is 29.4 Å². The van der Waals surface area contributed by atoms with Crippen LogP contribution in [0.4, 0.5) is 5.82 Å². The maximum absolute atomic E-state index is 11.8. The summed E-state index contributed by atoms with van der Waals surface area (Å²) in [4.78, 5) is 11.8. The van der Waals surface area contributed by atoms with Gasteiger partial charge in [-0.15, -0.1) is 10.2 Å². The Morgan fingerprint density at radius 3 is 2.47 bits per heavy atom. The molecule has 1 heterocycles. The van der Waals surface area contributed by atoms with Gasteiger partial charge in [0.15, 0.2) is 5.69 Å². The number of nitrogens with one attached hydrogen (secondary N) is 1. The van der Waals surface area contributed by atoms with Gasteiger partial charge in [-0.25, -0.2) is 0 Å². The molecule has 94 valence electrons. The van der Waals surface area contributed by atoms with E-state index in [0.29, 0.717) is 17.4 Å². The minimum absolute atomic E-state index is 0.136. The van der Waals surface area contributed by atoms with E-state index in [1.54, 1.807) is 12.1 Å². The maximum Gasteiger partial charge on any atom is 0.272 e. The van der Waals surface area contributed by atoms with Crippen molar-refractivity contribution in [2.24, 2.45) is 5.92 Å². The molecule has 5 nitrogen and oxygen atoms in total. The average Bonchev–Trinajstić information content (AvgIpc) is 2.31. The molecule has 0 aromatic carbocycles. The molecule has 0 saturated heterocycles. The normalized spacial score (nSPS) is 12.5. The Kier molecular flexibility index (Phi) is 4.87. The summed E-state index contributed by atoms with van der Waals surface area (Å²) in [6.45, 7) is 6.26. The standard InChI is InChI=1S/C12H20N4O/c1-4-9(5-2)8(3)14-12(17)10-6-7-11(13)16-15-10/h6-9H,4-5H2,1-3H3,(H2,13,16)(H,14,17). The van der Waals surface area contributed by atoms with Gasteiger partial charge in [-0.05, 0) is 25.0 Å². The molecule has 1 rings (SSSR count). The van der Waals surface area contributed by atoms with Gasteiger partial charge in [0.2, 0.25) is 0 Å². The summed E-state index contributed by atoms with van der Waals surface area (Å²) in [6.07, 6.45) is 2.09. The summed E-state index contributed by atoms with van der Waals surface area (Å²) < 4.78 is 0. The van der Waals surface area contributed by atoms with Gasteiger partial charge >= 0.3 is 0 Å². The Balaban J connectivity index is 2.62. The monoisotopic (exact) mass is 236 g/mol. The highest BCUT2D eigenvalue weighted by Gasteiger charge is 2.17. The van der Waals surface area contributed by atoms with Crippen molar-refractivity contribution in [1.29, 1.82) is 0 Å². The maximum atomic E-state index is 11.8. The van der Waals surface area contributed by atoms with Crippen LogP contribution >= 0.6 is 0 Å². The molecular weight excluding hydrogens is 216 g/mol. The summed E-state index contributed by atoms with van der Waals surface area (Å²) in [5.74, 6) is 0.604. The Labute approximate surface area is 102 Å². The number of amides is 1. The van der Waals surface area contributed by atoms with Crippen molar-refractivity contribution in [1.82, 2.24) is 15.5 Å². The van der Waals surface area contributed by atoms with Crippen LogP contribution in [-0.2, 0) is 0 Å². The minimum Gasteiger partial charge on any atom is -0.382 e. The molecule has 0 bridgehead atoms. The minimum atomic E-state index is -0.197. The number of rotatable bonds is 5. The van der Waals surface area contributed by atoms with Crippen molar-refractivity contribution < 1.29 is 4.79 Å². The Morgan fingerprint density at radius 1 is 1.35 bits per heavy atom. The quantitative estimate of drug-likeness (QED) is 0.814. The molecule has 1 aromatic heterocycles. The lowest BCUT2D eigenvalue weighted by Gasteiger charge is -2.22. The molecule has 1 atom stereocenters. The molecule has 0 spiro atoms. The summed E-state index contributed by atoms with van der Waals surface area (Å²) >= 11 is 0. The molecule has 0 aliphatic heterocycles. The SMILES string of the molecule is CCC(CC)C(C)NC(=O)c1ccc(N)nn1. The number of nitrogens with zero attached hydrogens (tertiary/aromatic N) is 2. The van der Waals surface area contributed by atoms with Crippen LogP contribution in [0, 0.1) is 5.92 Å². The van der Waals surface area contributed by atoms with Gasteiger partial charge in [0.05, 0.1) is 0 Å². The molecule has 0 aliphatic rings. The summed E-state index contributed by atoms with van der Waals surface area (Å²) in [6, 6.07) is 3.29. The van der Waals surface area contributed by atoms with Crippen LogP contribution in [0.3, 0.4) is 0 Å². The predicted molar refractivity (Wildman–Crippen MR) is 67.4 cm³/mol. The largest absolute Gasteiger partial charge is 0.382 e. The highest BCUT2D eigenvalue weighted by molar-refractivity contribution is 5.92. The lowest BCUT2D eigenvalue weighted by atomic mass is 9.95. The number of carbonyl (C=O) groups is 1. The molecule has 0 aliphatic carbocycles. The van der Waals surface area contributed by atoms with Crippen LogP contribution in [0.25, 0.3) is 0 Å². The number of nitrogens with two attached hydrogens (primary N) is 1. The Morgan fingerprint density at radius 2 is 2.00 bits per heavy atom. The van der Waals surface area contributed by atoms with E-state index in [4.69, 9.17) is 5.73 Å². The van der Waals surface area contributed by atoms with E-state index in [0.717, 1.165) is 12.8 Å². The first-order valence-electron chi connectivity index (χ1n) is 5.98. The summed E-state index contributed by atoms with van der Waals surface area (Å²) in [7, 11) is 0. The molecule has 1 unspecified atom stereocenters. The zero-order valence-electron chi connectivity index (χ0n) is 10.6. The first-order chi connectivity index (χ1) is 8.08. The van der Waals surface area contributed by atoms with Crippen molar-refractivity contribution in [2.45, 2.75) is 39.7 Å². The van der Waals surface area contributed by atoms with E-state index in [-0.39, 0.29) is 11.9 Å². The number of anilines is 1. The van der Waals surface area contributed by atoms with Gasteiger partial charge in [-0.1, -0.05) is 26.7 Å². The van der Waals surface area contributed by atoms with Gasteiger partial charge in [0.25, 0.3) is 5.91 Å². The number of hydrogen-bond acceptors (Lipinski definition) is 4. The third-order valence-electron chi connectivity index (χ3n) is 3.03. The van der Waals surface area contributed by atoms with Crippen LogP contribution in [-0.4, -0.2) is 22.1 Å². The third-order valence-corrected chi connectivity index (χ3v) is 3.03. The lowest BCUT2D eigenvalue weighted by molar-refractivity contribution is 0.0919. The van der Waals surface area contributed by atoms with Crippen molar-refractivity contribution in [2.75, 3.05) is 5.73 Å². The van der Waals surface area contributed by atoms with Gasteiger partial charge in [0, 0.05) is 6.04 Å². The molecule has 1 aromatic rings.